The van der Waals surface area contributed by atoms with Crippen LogP contribution in [0.2, 0.25) is 18.1 Å². The van der Waals surface area contributed by atoms with Crippen molar-refractivity contribution in [3.63, 3.8) is 0 Å². The Bertz CT molecular complexity index is 455. The fourth-order valence-electron chi connectivity index (χ4n) is 1.43. The molecular weight excluding hydrogens is 491 g/mol. The smallest absolute Gasteiger partial charge is 0.334 e. The summed E-state index contributed by atoms with van der Waals surface area (Å²) in [5.41, 5.74) is 1.12. The molecule has 0 aliphatic rings. The third kappa shape index (κ3) is 9.26. The second-order valence-electron chi connectivity index (χ2n) is 7.06. The topological polar surface area (TPSA) is 55.8 Å². The summed E-state index contributed by atoms with van der Waals surface area (Å²) in [4.78, 5) is 11.9. The van der Waals surface area contributed by atoms with Crippen molar-refractivity contribution < 1.29 is 19.1 Å². The molecular formula is C16H28BrIO4Si. The molecule has 0 bridgehead atoms. The summed E-state index contributed by atoms with van der Waals surface area (Å²) in [6.45, 7) is 13.2. The van der Waals surface area contributed by atoms with Gasteiger partial charge in [0.25, 0.3) is 0 Å². The zero-order valence-electron chi connectivity index (χ0n) is 14.8. The van der Waals surface area contributed by atoms with Crippen molar-refractivity contribution in [3.8, 4) is 0 Å². The van der Waals surface area contributed by atoms with Gasteiger partial charge < -0.3 is 14.3 Å². The highest BCUT2D eigenvalue weighted by molar-refractivity contribution is 14.1. The number of rotatable bonds is 8. The van der Waals surface area contributed by atoms with E-state index in [0.29, 0.717) is 13.0 Å². The Balaban J connectivity index is 4.93. The van der Waals surface area contributed by atoms with Gasteiger partial charge in [-0.25, -0.2) is 4.79 Å². The first-order valence-corrected chi connectivity index (χ1v) is 12.8. The monoisotopic (exact) mass is 518 g/mol. The molecule has 0 spiro atoms. The standard InChI is InChI=1S/C16H28BrIO4Si/c1-12(10-18)7-14(22-15(20)8-13(19)9-17)11-21-23(5,6)16(2,3)4/h8,10,14,19H,7,9,11H2,1-6H3/b12-10+,13-8-. The first-order chi connectivity index (χ1) is 10.4. The van der Waals surface area contributed by atoms with E-state index in [-0.39, 0.29) is 22.2 Å². The summed E-state index contributed by atoms with van der Waals surface area (Å²) >= 11 is 5.26. The summed E-state index contributed by atoms with van der Waals surface area (Å²) in [6, 6.07) is 0. The van der Waals surface area contributed by atoms with Crippen LogP contribution in [0.4, 0.5) is 0 Å². The lowest BCUT2D eigenvalue weighted by Gasteiger charge is -2.37. The number of carbonyl (C=O) groups excluding carboxylic acids is 1. The van der Waals surface area contributed by atoms with E-state index in [9.17, 15) is 9.90 Å². The van der Waals surface area contributed by atoms with Crippen LogP contribution in [0.15, 0.2) is 21.5 Å². The van der Waals surface area contributed by atoms with Gasteiger partial charge in [0.15, 0.2) is 8.32 Å². The number of hydrogen-bond donors (Lipinski definition) is 1. The Morgan fingerprint density at radius 1 is 1.39 bits per heavy atom. The molecule has 0 radical (unpaired) electrons. The van der Waals surface area contributed by atoms with Crippen LogP contribution in [0.3, 0.4) is 0 Å². The average molecular weight is 519 g/mol. The Morgan fingerprint density at radius 3 is 2.39 bits per heavy atom. The Labute approximate surface area is 163 Å². The maximum absolute atomic E-state index is 11.9. The fraction of sp³-hybridized carbons (Fsp3) is 0.688. The molecule has 0 aromatic carbocycles. The van der Waals surface area contributed by atoms with Gasteiger partial charge in [0, 0.05) is 6.42 Å². The van der Waals surface area contributed by atoms with Crippen LogP contribution in [0.5, 0.6) is 0 Å². The lowest BCUT2D eigenvalue weighted by atomic mass is 10.1. The quantitative estimate of drug-likeness (QED) is 0.115. The second kappa shape index (κ2) is 10.2. The van der Waals surface area contributed by atoms with Gasteiger partial charge in [0.05, 0.1) is 18.0 Å². The predicted molar refractivity (Wildman–Crippen MR) is 110 cm³/mol. The molecule has 1 atom stereocenters. The lowest BCUT2D eigenvalue weighted by Crippen LogP contribution is -2.43. The largest absolute Gasteiger partial charge is 0.511 e. The minimum Gasteiger partial charge on any atom is -0.511 e. The molecule has 0 saturated heterocycles. The van der Waals surface area contributed by atoms with Gasteiger partial charge in [-0.15, -0.1) is 0 Å². The average Bonchev–Trinajstić information content (AvgIpc) is 2.43. The molecule has 4 nitrogen and oxygen atoms in total. The van der Waals surface area contributed by atoms with E-state index in [2.05, 4.69) is 72.4 Å². The number of halogens is 2. The van der Waals surface area contributed by atoms with E-state index in [0.717, 1.165) is 11.6 Å². The highest BCUT2D eigenvalue weighted by atomic mass is 127. The second-order valence-corrected chi connectivity index (χ2v) is 13.1. The number of ether oxygens (including phenoxy) is 1. The molecule has 0 aromatic rings. The number of carbonyl (C=O) groups is 1. The van der Waals surface area contributed by atoms with Crippen molar-refractivity contribution in [1.29, 1.82) is 0 Å². The molecule has 0 amide bonds. The summed E-state index contributed by atoms with van der Waals surface area (Å²) in [5.74, 6) is -0.604. The van der Waals surface area contributed by atoms with Crippen molar-refractivity contribution in [2.24, 2.45) is 0 Å². The van der Waals surface area contributed by atoms with Crippen molar-refractivity contribution >= 4 is 52.8 Å². The molecule has 0 rings (SSSR count). The summed E-state index contributed by atoms with van der Waals surface area (Å²) in [6.07, 6.45) is 1.35. The summed E-state index contributed by atoms with van der Waals surface area (Å²) in [5, 5.41) is 9.73. The molecule has 1 unspecified atom stereocenters. The molecule has 0 aliphatic carbocycles. The molecule has 23 heavy (non-hydrogen) atoms. The SMILES string of the molecule is C/C(=C\I)CC(CO[Si](C)(C)C(C)(C)C)OC(=O)/C=C(\O)CBr. The van der Waals surface area contributed by atoms with Gasteiger partial charge in [0.1, 0.15) is 11.9 Å². The minimum atomic E-state index is -1.90. The van der Waals surface area contributed by atoms with Crippen LogP contribution in [-0.2, 0) is 14.0 Å². The molecule has 0 aromatic heterocycles. The zero-order chi connectivity index (χ0) is 18.3. The van der Waals surface area contributed by atoms with Crippen LogP contribution in [0.1, 0.15) is 34.1 Å². The van der Waals surface area contributed by atoms with Crippen LogP contribution >= 0.6 is 38.5 Å². The predicted octanol–water partition coefficient (Wildman–Crippen LogP) is 5.49. The Hall–Kier alpha value is 0.137. The Morgan fingerprint density at radius 2 is 1.96 bits per heavy atom. The molecule has 7 heteroatoms. The van der Waals surface area contributed by atoms with Crippen molar-refractivity contribution in [3.05, 3.63) is 21.5 Å². The number of alkyl halides is 1. The van der Waals surface area contributed by atoms with E-state index >= 15 is 0 Å². The van der Waals surface area contributed by atoms with Gasteiger partial charge in [-0.05, 0) is 29.1 Å². The van der Waals surface area contributed by atoms with Crippen molar-refractivity contribution in [1.82, 2.24) is 0 Å². The molecule has 0 heterocycles. The molecule has 0 aliphatic heterocycles. The fourth-order valence-corrected chi connectivity index (χ4v) is 2.88. The number of allylic oxidation sites excluding steroid dienone is 1. The van der Waals surface area contributed by atoms with Gasteiger partial charge in [-0.2, -0.15) is 0 Å². The van der Waals surface area contributed by atoms with Gasteiger partial charge in [-0.3, -0.25) is 0 Å². The maximum atomic E-state index is 11.9. The first-order valence-electron chi connectivity index (χ1n) is 7.49. The number of hydrogen-bond acceptors (Lipinski definition) is 4. The van der Waals surface area contributed by atoms with E-state index in [1.165, 1.54) is 0 Å². The first kappa shape index (κ1) is 23.1. The number of esters is 1. The van der Waals surface area contributed by atoms with E-state index in [1.807, 2.05) is 11.0 Å². The van der Waals surface area contributed by atoms with Crippen LogP contribution in [0, 0.1) is 0 Å². The number of aliphatic hydroxyl groups excluding tert-OH is 1. The van der Waals surface area contributed by atoms with Gasteiger partial charge >= 0.3 is 5.97 Å². The maximum Gasteiger partial charge on any atom is 0.334 e. The summed E-state index contributed by atoms with van der Waals surface area (Å²) < 4.78 is 13.6. The molecule has 134 valence electrons. The van der Waals surface area contributed by atoms with Crippen LogP contribution in [-0.4, -0.2) is 37.4 Å². The van der Waals surface area contributed by atoms with Crippen LogP contribution < -0.4 is 0 Å². The van der Waals surface area contributed by atoms with Gasteiger partial charge in [0.2, 0.25) is 0 Å². The molecule has 1 N–H and O–H groups in total. The third-order valence-corrected chi connectivity index (χ3v) is 10.0. The number of aliphatic hydroxyl groups is 1. The Kier molecular flexibility index (Phi) is 10.3. The summed E-state index contributed by atoms with van der Waals surface area (Å²) in [7, 11) is -1.90. The lowest BCUT2D eigenvalue weighted by molar-refractivity contribution is -0.144. The normalized spacial score (nSPS) is 15.5. The van der Waals surface area contributed by atoms with Crippen molar-refractivity contribution in [2.45, 2.75) is 58.4 Å². The molecule has 0 saturated carbocycles. The van der Waals surface area contributed by atoms with Crippen LogP contribution in [0.25, 0.3) is 0 Å². The van der Waals surface area contributed by atoms with E-state index in [4.69, 9.17) is 9.16 Å². The highest BCUT2D eigenvalue weighted by Crippen LogP contribution is 2.36. The van der Waals surface area contributed by atoms with Gasteiger partial charge in [-0.1, -0.05) is 64.9 Å². The zero-order valence-corrected chi connectivity index (χ0v) is 19.5. The third-order valence-electron chi connectivity index (χ3n) is 3.88. The molecule has 0 fully saturated rings. The minimum absolute atomic E-state index is 0.0554. The van der Waals surface area contributed by atoms with E-state index < -0.39 is 14.3 Å². The van der Waals surface area contributed by atoms with E-state index in [1.54, 1.807) is 0 Å². The van der Waals surface area contributed by atoms with Crippen molar-refractivity contribution in [2.75, 3.05) is 11.9 Å². The highest BCUT2D eigenvalue weighted by Gasteiger charge is 2.37.